The lowest BCUT2D eigenvalue weighted by atomic mass is 10.3. The van der Waals surface area contributed by atoms with E-state index in [2.05, 4.69) is 20.6 Å². The minimum atomic E-state index is -0.194. The van der Waals surface area contributed by atoms with Crippen LogP contribution in [0.2, 0.25) is 0 Å². The van der Waals surface area contributed by atoms with E-state index >= 15 is 0 Å². The number of pyridine rings is 1. The lowest BCUT2D eigenvalue weighted by molar-refractivity contribution is 0.0959. The van der Waals surface area contributed by atoms with E-state index < -0.39 is 0 Å². The molecule has 0 saturated heterocycles. The first kappa shape index (κ1) is 14.3. The second-order valence-electron chi connectivity index (χ2n) is 4.09. The van der Waals surface area contributed by atoms with Gasteiger partial charge in [-0.2, -0.15) is 0 Å². The molecule has 0 unspecified atom stereocenters. The number of hydrogen-bond acceptors (Lipinski definition) is 6. The Balaban J connectivity index is 1.88. The molecule has 0 saturated carbocycles. The zero-order chi connectivity index (χ0) is 14.4. The van der Waals surface area contributed by atoms with Crippen LogP contribution in [0, 0.1) is 0 Å². The Hall–Kier alpha value is -2.15. The maximum atomic E-state index is 12.0. The van der Waals surface area contributed by atoms with Gasteiger partial charge >= 0.3 is 0 Å². The van der Waals surface area contributed by atoms with Gasteiger partial charge in [0, 0.05) is 31.4 Å². The third kappa shape index (κ3) is 3.67. The number of nitrogens with two attached hydrogens (primary N) is 1. The molecule has 2 heterocycles. The van der Waals surface area contributed by atoms with Gasteiger partial charge in [-0.1, -0.05) is 17.4 Å². The largest absolute Gasteiger partial charge is 0.382 e. The van der Waals surface area contributed by atoms with Crippen molar-refractivity contribution in [2.45, 2.75) is 13.3 Å². The maximum absolute atomic E-state index is 12.0. The minimum absolute atomic E-state index is 0.194. The van der Waals surface area contributed by atoms with E-state index in [9.17, 15) is 4.79 Å². The standard InChI is InChI=1S/C13H17N5OS/c1-2-15-13-18-11(14)10(20-13)12(19)17-8-6-9-5-3-4-7-16-9/h3-5,7H,2,6,8,14H2,1H3,(H,15,18)(H,17,19). The molecule has 1 amide bonds. The first-order valence-corrected chi connectivity index (χ1v) is 7.20. The molecular weight excluding hydrogens is 274 g/mol. The predicted molar refractivity (Wildman–Crippen MR) is 81.0 cm³/mol. The number of amides is 1. The number of carbonyl (C=O) groups excluding carboxylic acids is 1. The van der Waals surface area contributed by atoms with Gasteiger partial charge in [0.1, 0.15) is 10.7 Å². The van der Waals surface area contributed by atoms with Gasteiger partial charge < -0.3 is 16.4 Å². The van der Waals surface area contributed by atoms with Gasteiger partial charge in [0.05, 0.1) is 0 Å². The highest BCUT2D eigenvalue weighted by Gasteiger charge is 2.15. The minimum Gasteiger partial charge on any atom is -0.382 e. The van der Waals surface area contributed by atoms with Crippen molar-refractivity contribution in [3.05, 3.63) is 35.0 Å². The molecule has 0 aliphatic carbocycles. The summed E-state index contributed by atoms with van der Waals surface area (Å²) in [6.45, 7) is 3.22. The average Bonchev–Trinajstić information content (AvgIpc) is 2.81. The fourth-order valence-electron chi connectivity index (χ4n) is 1.65. The van der Waals surface area contributed by atoms with E-state index in [1.54, 1.807) is 6.20 Å². The number of aromatic nitrogens is 2. The fraction of sp³-hybridized carbons (Fsp3) is 0.308. The summed E-state index contributed by atoms with van der Waals surface area (Å²) in [4.78, 5) is 20.7. The van der Waals surface area contributed by atoms with Crippen molar-refractivity contribution in [1.29, 1.82) is 0 Å². The van der Waals surface area contributed by atoms with Crippen LogP contribution < -0.4 is 16.4 Å². The van der Waals surface area contributed by atoms with Gasteiger partial charge in [-0.3, -0.25) is 9.78 Å². The third-order valence-electron chi connectivity index (χ3n) is 2.58. The molecule has 2 aromatic heterocycles. The Labute approximate surface area is 121 Å². The van der Waals surface area contributed by atoms with Crippen LogP contribution in [0.25, 0.3) is 0 Å². The van der Waals surface area contributed by atoms with Gasteiger partial charge in [-0.25, -0.2) is 4.98 Å². The molecule has 0 fully saturated rings. The summed E-state index contributed by atoms with van der Waals surface area (Å²) in [5.41, 5.74) is 6.68. The van der Waals surface area contributed by atoms with Crippen molar-refractivity contribution in [2.24, 2.45) is 0 Å². The van der Waals surface area contributed by atoms with E-state index in [-0.39, 0.29) is 11.7 Å². The van der Waals surface area contributed by atoms with Crippen molar-refractivity contribution >= 4 is 28.2 Å². The Morgan fingerprint density at radius 1 is 1.45 bits per heavy atom. The van der Waals surface area contributed by atoms with Crippen LogP contribution in [0.15, 0.2) is 24.4 Å². The smallest absolute Gasteiger partial charge is 0.265 e. The number of nitrogens with one attached hydrogen (secondary N) is 2. The molecule has 0 aromatic carbocycles. The zero-order valence-electron chi connectivity index (χ0n) is 11.2. The molecule has 0 spiro atoms. The predicted octanol–water partition coefficient (Wildman–Crippen LogP) is 1.52. The molecular formula is C13H17N5OS. The first-order valence-electron chi connectivity index (χ1n) is 6.39. The van der Waals surface area contributed by atoms with Gasteiger partial charge in [-0.15, -0.1) is 0 Å². The summed E-state index contributed by atoms with van der Waals surface area (Å²) in [5, 5.41) is 6.54. The average molecular weight is 291 g/mol. The molecule has 2 aromatic rings. The molecule has 106 valence electrons. The summed E-state index contributed by atoms with van der Waals surface area (Å²) in [6, 6.07) is 5.72. The van der Waals surface area contributed by atoms with E-state index in [4.69, 9.17) is 5.73 Å². The highest BCUT2D eigenvalue weighted by Crippen LogP contribution is 2.24. The molecule has 6 nitrogen and oxygen atoms in total. The number of thiazole rings is 1. The number of carbonyl (C=O) groups is 1. The Bertz CT molecular complexity index is 569. The van der Waals surface area contributed by atoms with E-state index in [1.165, 1.54) is 11.3 Å². The molecule has 0 aliphatic heterocycles. The summed E-state index contributed by atoms with van der Waals surface area (Å²) in [6.07, 6.45) is 2.42. The van der Waals surface area contributed by atoms with E-state index in [0.717, 1.165) is 12.2 Å². The molecule has 7 heteroatoms. The SMILES string of the molecule is CCNc1nc(N)c(C(=O)NCCc2ccccn2)s1. The fourth-order valence-corrected chi connectivity index (χ4v) is 2.52. The quantitative estimate of drug-likeness (QED) is 0.750. The topological polar surface area (TPSA) is 92.9 Å². The number of hydrogen-bond donors (Lipinski definition) is 3. The molecule has 4 N–H and O–H groups in total. The highest BCUT2D eigenvalue weighted by atomic mass is 32.1. The van der Waals surface area contributed by atoms with Crippen LogP contribution in [0.1, 0.15) is 22.3 Å². The lowest BCUT2D eigenvalue weighted by Gasteiger charge is -2.03. The molecule has 20 heavy (non-hydrogen) atoms. The van der Waals surface area contributed by atoms with Crippen molar-refractivity contribution in [2.75, 3.05) is 24.1 Å². The monoisotopic (exact) mass is 291 g/mol. The normalized spacial score (nSPS) is 10.2. The second kappa shape index (κ2) is 6.85. The van der Waals surface area contributed by atoms with Crippen LogP contribution in [-0.2, 0) is 6.42 Å². The Morgan fingerprint density at radius 2 is 2.30 bits per heavy atom. The third-order valence-corrected chi connectivity index (χ3v) is 3.61. The maximum Gasteiger partial charge on any atom is 0.265 e. The van der Waals surface area contributed by atoms with Gasteiger partial charge in [0.2, 0.25) is 0 Å². The number of anilines is 2. The number of nitrogens with zero attached hydrogens (tertiary/aromatic N) is 2. The molecule has 0 aliphatic rings. The molecule has 0 atom stereocenters. The van der Waals surface area contributed by atoms with Gasteiger partial charge in [0.15, 0.2) is 5.13 Å². The van der Waals surface area contributed by atoms with Crippen LogP contribution in [0.3, 0.4) is 0 Å². The van der Waals surface area contributed by atoms with Crippen LogP contribution in [-0.4, -0.2) is 29.0 Å². The van der Waals surface area contributed by atoms with Crippen molar-refractivity contribution in [3.63, 3.8) is 0 Å². The van der Waals surface area contributed by atoms with Crippen molar-refractivity contribution in [1.82, 2.24) is 15.3 Å². The second-order valence-corrected chi connectivity index (χ2v) is 5.09. The van der Waals surface area contributed by atoms with Crippen LogP contribution in [0.4, 0.5) is 10.9 Å². The molecule has 0 radical (unpaired) electrons. The zero-order valence-corrected chi connectivity index (χ0v) is 12.0. The summed E-state index contributed by atoms with van der Waals surface area (Å²) in [7, 11) is 0. The summed E-state index contributed by atoms with van der Waals surface area (Å²) in [5.74, 6) is 0.0707. The highest BCUT2D eigenvalue weighted by molar-refractivity contribution is 7.18. The molecule has 2 rings (SSSR count). The Kier molecular flexibility index (Phi) is 4.89. The van der Waals surface area contributed by atoms with Crippen LogP contribution >= 0.6 is 11.3 Å². The number of rotatable bonds is 6. The first-order chi connectivity index (χ1) is 9.70. The lowest BCUT2D eigenvalue weighted by Crippen LogP contribution is -2.25. The van der Waals surface area contributed by atoms with E-state index in [0.29, 0.717) is 23.0 Å². The molecule has 0 bridgehead atoms. The van der Waals surface area contributed by atoms with Gasteiger partial charge in [-0.05, 0) is 19.1 Å². The van der Waals surface area contributed by atoms with Gasteiger partial charge in [0.25, 0.3) is 5.91 Å². The summed E-state index contributed by atoms with van der Waals surface area (Å²) >= 11 is 1.26. The van der Waals surface area contributed by atoms with Crippen LogP contribution in [0.5, 0.6) is 0 Å². The van der Waals surface area contributed by atoms with E-state index in [1.807, 2.05) is 25.1 Å². The summed E-state index contributed by atoms with van der Waals surface area (Å²) < 4.78 is 0. The van der Waals surface area contributed by atoms with Crippen molar-refractivity contribution in [3.8, 4) is 0 Å². The number of nitrogen functional groups attached to an aromatic ring is 1. The Morgan fingerprint density at radius 3 is 3.00 bits per heavy atom. The van der Waals surface area contributed by atoms with Crippen molar-refractivity contribution < 1.29 is 4.79 Å².